The number of hydrogen-bond acceptors (Lipinski definition) is 6. The lowest BCUT2D eigenvalue weighted by atomic mass is 10.2. The van der Waals surface area contributed by atoms with Crippen molar-refractivity contribution >= 4 is 66.6 Å². The van der Waals surface area contributed by atoms with Crippen LogP contribution in [-0.4, -0.2) is 48.0 Å². The molecule has 0 aliphatic heterocycles. The molecule has 28 heavy (non-hydrogen) atoms. The van der Waals surface area contributed by atoms with Crippen molar-refractivity contribution in [1.29, 1.82) is 0 Å². The first-order chi connectivity index (χ1) is 13.0. The Kier molecular flexibility index (Phi) is 6.30. The summed E-state index contributed by atoms with van der Waals surface area (Å²) in [5.41, 5.74) is 5.52. The van der Waals surface area contributed by atoms with Gasteiger partial charge >= 0.3 is 0 Å². The number of hydrogen-bond donors (Lipinski definition) is 0. The summed E-state index contributed by atoms with van der Waals surface area (Å²) in [7, 11) is 4.02. The van der Waals surface area contributed by atoms with Gasteiger partial charge in [-0.3, -0.25) is 9.69 Å². The van der Waals surface area contributed by atoms with Crippen LogP contribution in [0.4, 0.5) is 5.13 Å². The number of halogens is 1. The van der Waals surface area contributed by atoms with Gasteiger partial charge < -0.3 is 4.90 Å². The molecular weight excluding hydrogens is 412 g/mol. The largest absolute Gasteiger partial charge is 0.308 e. The second kappa shape index (κ2) is 8.53. The fourth-order valence-corrected chi connectivity index (χ4v) is 4.67. The van der Waals surface area contributed by atoms with E-state index in [-0.39, 0.29) is 18.3 Å². The maximum Gasteiger partial charge on any atom is 0.260 e. The number of nitrogens with zero attached hydrogens (tertiary/aromatic N) is 4. The fraction of sp³-hybridized carbons (Fsp3) is 0.250. The van der Waals surface area contributed by atoms with Crippen LogP contribution in [0.1, 0.15) is 15.9 Å². The molecule has 4 aromatic rings. The van der Waals surface area contributed by atoms with Gasteiger partial charge in [-0.15, -0.1) is 23.7 Å². The number of carbonyl (C=O) groups is 1. The molecule has 0 unspecified atom stereocenters. The summed E-state index contributed by atoms with van der Waals surface area (Å²) in [5, 5.41) is 0.742. The highest BCUT2D eigenvalue weighted by Gasteiger charge is 2.22. The molecule has 0 atom stereocenters. The molecule has 0 bridgehead atoms. The van der Waals surface area contributed by atoms with Crippen molar-refractivity contribution in [3.05, 3.63) is 53.0 Å². The number of anilines is 1. The van der Waals surface area contributed by atoms with Crippen LogP contribution in [0.5, 0.6) is 0 Å². The van der Waals surface area contributed by atoms with Gasteiger partial charge in [0, 0.05) is 18.7 Å². The van der Waals surface area contributed by atoms with E-state index in [2.05, 4.69) is 28.9 Å². The summed E-state index contributed by atoms with van der Waals surface area (Å²) in [6.45, 7) is 3.42. The van der Waals surface area contributed by atoms with Crippen LogP contribution in [0, 0.1) is 6.92 Å². The molecule has 2 aromatic heterocycles. The molecule has 2 aromatic carbocycles. The third-order valence-electron chi connectivity index (χ3n) is 4.36. The van der Waals surface area contributed by atoms with E-state index in [9.17, 15) is 4.79 Å². The lowest BCUT2D eigenvalue weighted by Crippen LogP contribution is -2.36. The lowest BCUT2D eigenvalue weighted by Gasteiger charge is -2.22. The van der Waals surface area contributed by atoms with E-state index in [1.807, 2.05) is 38.4 Å². The monoisotopic (exact) mass is 432 g/mol. The second-order valence-electron chi connectivity index (χ2n) is 6.76. The van der Waals surface area contributed by atoms with Gasteiger partial charge in [-0.05, 0) is 56.9 Å². The Hall–Kier alpha value is -2.06. The average molecular weight is 433 g/mol. The van der Waals surface area contributed by atoms with Gasteiger partial charge in [0.1, 0.15) is 0 Å². The number of rotatable bonds is 5. The normalized spacial score (nSPS) is 11.1. The number of fused-ring (bicyclic) bond motifs is 2. The topological polar surface area (TPSA) is 49.3 Å². The van der Waals surface area contributed by atoms with Crippen molar-refractivity contribution in [2.24, 2.45) is 0 Å². The smallest absolute Gasteiger partial charge is 0.260 e. The van der Waals surface area contributed by atoms with Crippen molar-refractivity contribution in [2.75, 3.05) is 32.1 Å². The molecule has 0 saturated heterocycles. The van der Waals surface area contributed by atoms with Gasteiger partial charge in [-0.25, -0.2) is 9.97 Å². The molecule has 0 fully saturated rings. The number of benzene rings is 2. The van der Waals surface area contributed by atoms with Crippen molar-refractivity contribution in [1.82, 2.24) is 14.9 Å². The van der Waals surface area contributed by atoms with E-state index in [0.717, 1.165) is 32.1 Å². The first-order valence-corrected chi connectivity index (χ1v) is 10.4. The Morgan fingerprint density at radius 1 is 1.04 bits per heavy atom. The zero-order valence-electron chi connectivity index (χ0n) is 15.9. The molecule has 0 saturated carbocycles. The molecule has 1 amide bonds. The predicted molar refractivity (Wildman–Crippen MR) is 121 cm³/mol. The minimum absolute atomic E-state index is 0. The molecule has 0 N–H and O–H groups in total. The highest BCUT2D eigenvalue weighted by atomic mass is 35.5. The van der Waals surface area contributed by atoms with E-state index in [4.69, 9.17) is 4.98 Å². The SMILES string of the molecule is Cc1ccc2nc(N(CCN(C)C)C(=O)c3ccc4ncsc4c3)sc2c1.Cl. The van der Waals surface area contributed by atoms with E-state index in [0.29, 0.717) is 12.1 Å². The number of aryl methyl sites for hydroxylation is 1. The van der Waals surface area contributed by atoms with Gasteiger partial charge in [-0.1, -0.05) is 17.4 Å². The van der Waals surface area contributed by atoms with Gasteiger partial charge in [-0.2, -0.15) is 0 Å². The van der Waals surface area contributed by atoms with Crippen LogP contribution < -0.4 is 4.90 Å². The van der Waals surface area contributed by atoms with E-state index < -0.39 is 0 Å². The number of likely N-dealkylation sites (N-methyl/N-ethyl adjacent to an activating group) is 1. The van der Waals surface area contributed by atoms with Gasteiger partial charge in [0.15, 0.2) is 5.13 Å². The molecular formula is C20H21ClN4OS2. The summed E-state index contributed by atoms with van der Waals surface area (Å²) >= 11 is 3.11. The lowest BCUT2D eigenvalue weighted by molar-refractivity contribution is 0.0985. The number of amides is 1. The Labute approximate surface area is 178 Å². The molecule has 0 radical (unpaired) electrons. The Morgan fingerprint density at radius 2 is 1.82 bits per heavy atom. The van der Waals surface area contributed by atoms with Crippen LogP contribution >= 0.6 is 35.1 Å². The molecule has 5 nitrogen and oxygen atoms in total. The minimum Gasteiger partial charge on any atom is -0.308 e. The predicted octanol–water partition coefficient (Wildman–Crippen LogP) is 4.84. The van der Waals surface area contributed by atoms with Crippen LogP contribution in [0.2, 0.25) is 0 Å². The summed E-state index contributed by atoms with van der Waals surface area (Å²) in [6.07, 6.45) is 0. The molecule has 146 valence electrons. The third kappa shape index (κ3) is 4.17. The molecule has 0 aliphatic rings. The van der Waals surface area contributed by atoms with E-state index >= 15 is 0 Å². The fourth-order valence-electron chi connectivity index (χ4n) is 2.86. The van der Waals surface area contributed by atoms with Crippen molar-refractivity contribution in [3.63, 3.8) is 0 Å². The summed E-state index contributed by atoms with van der Waals surface area (Å²) in [5.74, 6) is -0.0251. The first-order valence-electron chi connectivity index (χ1n) is 8.68. The number of thiazole rings is 2. The van der Waals surface area contributed by atoms with Crippen LogP contribution in [0.3, 0.4) is 0 Å². The third-order valence-corrected chi connectivity index (χ3v) is 6.19. The molecule has 8 heteroatoms. The van der Waals surface area contributed by atoms with Crippen molar-refractivity contribution in [3.8, 4) is 0 Å². The zero-order chi connectivity index (χ0) is 19.0. The van der Waals surface area contributed by atoms with Crippen LogP contribution in [0.25, 0.3) is 20.4 Å². The maximum atomic E-state index is 13.3. The van der Waals surface area contributed by atoms with E-state index in [1.54, 1.807) is 33.1 Å². The summed E-state index contributed by atoms with van der Waals surface area (Å²) in [4.78, 5) is 26.2. The minimum atomic E-state index is -0.0251. The zero-order valence-corrected chi connectivity index (χ0v) is 18.3. The Bertz CT molecular complexity index is 1120. The Morgan fingerprint density at radius 3 is 2.61 bits per heavy atom. The summed E-state index contributed by atoms with van der Waals surface area (Å²) < 4.78 is 2.12. The number of carbonyl (C=O) groups excluding carboxylic acids is 1. The van der Waals surface area contributed by atoms with E-state index in [1.165, 1.54) is 5.56 Å². The van der Waals surface area contributed by atoms with Crippen LogP contribution in [0.15, 0.2) is 41.9 Å². The average Bonchev–Trinajstić information content (AvgIpc) is 3.26. The van der Waals surface area contributed by atoms with Crippen molar-refractivity contribution < 1.29 is 4.79 Å². The summed E-state index contributed by atoms with van der Waals surface area (Å²) in [6, 6.07) is 11.9. The number of aromatic nitrogens is 2. The van der Waals surface area contributed by atoms with Crippen LogP contribution in [-0.2, 0) is 0 Å². The van der Waals surface area contributed by atoms with Crippen molar-refractivity contribution in [2.45, 2.75) is 6.92 Å². The first kappa shape index (κ1) is 20.7. The maximum absolute atomic E-state index is 13.3. The Balaban J connectivity index is 0.00000225. The highest BCUT2D eigenvalue weighted by molar-refractivity contribution is 7.22. The van der Waals surface area contributed by atoms with Gasteiger partial charge in [0.2, 0.25) is 0 Å². The molecule has 0 spiro atoms. The quantitative estimate of drug-likeness (QED) is 0.452. The second-order valence-corrected chi connectivity index (χ2v) is 8.66. The molecule has 2 heterocycles. The van der Waals surface area contributed by atoms with Gasteiger partial charge in [0.25, 0.3) is 5.91 Å². The molecule has 4 rings (SSSR count). The standard InChI is InChI=1S/C20H20N4OS2.ClH/c1-13-4-6-16-18(10-13)27-20(22-16)24(9-8-23(2)3)19(25)14-5-7-15-17(11-14)26-12-21-15;/h4-7,10-12H,8-9H2,1-3H3;1H. The van der Waals surface area contributed by atoms with Gasteiger partial charge in [0.05, 0.1) is 25.9 Å². The highest BCUT2D eigenvalue weighted by Crippen LogP contribution is 2.31. The molecule has 0 aliphatic carbocycles.